The minimum absolute atomic E-state index is 0.0240. The van der Waals surface area contributed by atoms with Crippen LogP contribution >= 0.6 is 11.3 Å². The number of carbonyl (C=O) groups excluding carboxylic acids is 2. The van der Waals surface area contributed by atoms with Crippen molar-refractivity contribution in [2.75, 3.05) is 13.1 Å². The zero-order valence-corrected chi connectivity index (χ0v) is 18.0. The van der Waals surface area contributed by atoms with Gasteiger partial charge >= 0.3 is 0 Å². The van der Waals surface area contributed by atoms with Crippen LogP contribution in [0.1, 0.15) is 60.5 Å². The lowest BCUT2D eigenvalue weighted by atomic mass is 10.0. The van der Waals surface area contributed by atoms with Crippen LogP contribution in [-0.2, 0) is 17.9 Å². The van der Waals surface area contributed by atoms with Crippen LogP contribution in [0.2, 0.25) is 0 Å². The first-order valence-corrected chi connectivity index (χ1v) is 11.5. The molecule has 1 saturated heterocycles. The SMILES string of the molecule is C[C@@H]1CCCCN1Cc1ccccc1CNC(=O)CCCNC(=O)c1ccsc1. The summed E-state index contributed by atoms with van der Waals surface area (Å²) in [6, 6.07) is 10.8. The van der Waals surface area contributed by atoms with E-state index in [0.29, 0.717) is 37.5 Å². The lowest BCUT2D eigenvalue weighted by Gasteiger charge is -2.33. The summed E-state index contributed by atoms with van der Waals surface area (Å²) < 4.78 is 0. The van der Waals surface area contributed by atoms with E-state index in [1.54, 1.807) is 6.07 Å². The third kappa shape index (κ3) is 6.68. The number of hydrogen-bond donors (Lipinski definition) is 2. The maximum atomic E-state index is 12.2. The van der Waals surface area contributed by atoms with Crippen molar-refractivity contribution in [1.29, 1.82) is 0 Å². The molecule has 1 aliphatic heterocycles. The Morgan fingerprint density at radius 1 is 1.14 bits per heavy atom. The van der Waals surface area contributed by atoms with E-state index in [4.69, 9.17) is 0 Å². The third-order valence-electron chi connectivity index (χ3n) is 5.56. The Bertz CT molecular complexity index is 791. The largest absolute Gasteiger partial charge is 0.352 e. The second-order valence-corrected chi connectivity index (χ2v) is 8.51. The van der Waals surface area contributed by atoms with Gasteiger partial charge in [-0.3, -0.25) is 14.5 Å². The lowest BCUT2D eigenvalue weighted by Crippen LogP contribution is -2.37. The van der Waals surface area contributed by atoms with Crippen LogP contribution in [0.25, 0.3) is 0 Å². The Labute approximate surface area is 177 Å². The highest BCUT2D eigenvalue weighted by Crippen LogP contribution is 2.20. The van der Waals surface area contributed by atoms with Gasteiger partial charge in [-0.25, -0.2) is 0 Å². The minimum Gasteiger partial charge on any atom is -0.352 e. The minimum atomic E-state index is -0.0764. The fraction of sp³-hybridized carbons (Fsp3) is 0.478. The molecule has 1 aromatic heterocycles. The van der Waals surface area contributed by atoms with Crippen molar-refractivity contribution >= 4 is 23.2 Å². The van der Waals surface area contributed by atoms with Crippen LogP contribution in [0.15, 0.2) is 41.1 Å². The standard InChI is InChI=1S/C23H31N3O2S/c1-18-7-4-5-13-26(18)16-20-9-3-2-8-19(20)15-25-22(27)10-6-12-24-23(28)21-11-14-29-17-21/h2-3,8-9,11,14,17-18H,4-7,10,12-13,15-16H2,1H3,(H,24,28)(H,25,27)/t18-/m1/s1. The lowest BCUT2D eigenvalue weighted by molar-refractivity contribution is -0.121. The van der Waals surface area contributed by atoms with E-state index < -0.39 is 0 Å². The number of nitrogens with one attached hydrogen (secondary N) is 2. The van der Waals surface area contributed by atoms with Gasteiger partial charge in [0, 0.05) is 43.0 Å². The molecule has 29 heavy (non-hydrogen) atoms. The summed E-state index contributed by atoms with van der Waals surface area (Å²) in [7, 11) is 0. The number of nitrogens with zero attached hydrogens (tertiary/aromatic N) is 1. The van der Waals surface area contributed by atoms with Gasteiger partial charge in [-0.15, -0.1) is 0 Å². The van der Waals surface area contributed by atoms with Crippen LogP contribution in [0.3, 0.4) is 0 Å². The molecule has 1 fully saturated rings. The number of rotatable bonds is 9. The smallest absolute Gasteiger partial charge is 0.252 e. The number of hydrogen-bond acceptors (Lipinski definition) is 4. The Morgan fingerprint density at radius 3 is 2.72 bits per heavy atom. The summed E-state index contributed by atoms with van der Waals surface area (Å²) in [4.78, 5) is 26.6. The van der Waals surface area contributed by atoms with E-state index in [1.807, 2.05) is 16.8 Å². The van der Waals surface area contributed by atoms with Crippen molar-refractivity contribution in [2.24, 2.45) is 0 Å². The van der Waals surface area contributed by atoms with E-state index >= 15 is 0 Å². The molecule has 0 aliphatic carbocycles. The maximum absolute atomic E-state index is 12.2. The fourth-order valence-corrected chi connectivity index (χ4v) is 4.36. The fourth-order valence-electron chi connectivity index (χ4n) is 3.72. The molecule has 1 aliphatic rings. The Morgan fingerprint density at radius 2 is 1.97 bits per heavy atom. The Hall–Kier alpha value is -2.18. The molecule has 2 aromatic rings. The first kappa shape index (κ1) is 21.5. The topological polar surface area (TPSA) is 61.4 Å². The van der Waals surface area contributed by atoms with Gasteiger partial charge in [0.2, 0.25) is 5.91 Å². The summed E-state index contributed by atoms with van der Waals surface area (Å²) >= 11 is 1.50. The summed E-state index contributed by atoms with van der Waals surface area (Å²) in [6.07, 6.45) is 4.90. The zero-order chi connectivity index (χ0) is 20.5. The van der Waals surface area contributed by atoms with Crippen molar-refractivity contribution in [3.63, 3.8) is 0 Å². The number of benzene rings is 1. The number of likely N-dealkylation sites (tertiary alicyclic amines) is 1. The molecule has 0 spiro atoms. The van der Waals surface area contributed by atoms with Crippen molar-refractivity contribution in [3.05, 3.63) is 57.8 Å². The average molecular weight is 414 g/mol. The van der Waals surface area contributed by atoms with Crippen LogP contribution < -0.4 is 10.6 Å². The van der Waals surface area contributed by atoms with Gasteiger partial charge in [0.05, 0.1) is 0 Å². The molecule has 1 aromatic carbocycles. The van der Waals surface area contributed by atoms with Gasteiger partial charge in [-0.05, 0) is 55.3 Å². The number of carbonyl (C=O) groups is 2. The van der Waals surface area contributed by atoms with Gasteiger partial charge in [0.1, 0.15) is 0 Å². The third-order valence-corrected chi connectivity index (χ3v) is 6.24. The molecule has 1 atom stereocenters. The molecule has 2 heterocycles. The van der Waals surface area contributed by atoms with Crippen molar-refractivity contribution in [1.82, 2.24) is 15.5 Å². The first-order valence-electron chi connectivity index (χ1n) is 10.5. The van der Waals surface area contributed by atoms with Gasteiger partial charge in [-0.2, -0.15) is 11.3 Å². The summed E-state index contributed by atoms with van der Waals surface area (Å²) in [5, 5.41) is 9.59. The number of piperidine rings is 1. The molecule has 0 saturated carbocycles. The molecule has 2 amide bonds. The molecule has 0 bridgehead atoms. The van der Waals surface area contributed by atoms with Crippen molar-refractivity contribution in [3.8, 4) is 0 Å². The molecule has 0 unspecified atom stereocenters. The predicted molar refractivity (Wildman–Crippen MR) is 118 cm³/mol. The predicted octanol–water partition coefficient (Wildman–Crippen LogP) is 3.95. The van der Waals surface area contributed by atoms with Crippen LogP contribution in [0.4, 0.5) is 0 Å². The van der Waals surface area contributed by atoms with E-state index in [9.17, 15) is 9.59 Å². The average Bonchev–Trinajstić information content (AvgIpc) is 3.27. The quantitative estimate of drug-likeness (QED) is 0.612. The highest BCUT2D eigenvalue weighted by Gasteiger charge is 2.19. The normalized spacial score (nSPS) is 17.1. The molecule has 5 nitrogen and oxygen atoms in total. The molecule has 2 N–H and O–H groups in total. The number of amides is 2. The highest BCUT2D eigenvalue weighted by molar-refractivity contribution is 7.08. The van der Waals surface area contributed by atoms with E-state index in [-0.39, 0.29) is 11.8 Å². The monoisotopic (exact) mass is 413 g/mol. The van der Waals surface area contributed by atoms with Gasteiger partial charge in [-0.1, -0.05) is 30.7 Å². The van der Waals surface area contributed by atoms with Crippen LogP contribution in [0, 0.1) is 0 Å². The molecule has 3 rings (SSSR count). The van der Waals surface area contributed by atoms with Crippen LogP contribution in [-0.4, -0.2) is 35.8 Å². The number of thiophene rings is 1. The van der Waals surface area contributed by atoms with E-state index in [0.717, 1.165) is 13.1 Å². The van der Waals surface area contributed by atoms with Gasteiger partial charge in [0.15, 0.2) is 0 Å². The second-order valence-electron chi connectivity index (χ2n) is 7.73. The van der Waals surface area contributed by atoms with Crippen molar-refractivity contribution in [2.45, 2.75) is 58.2 Å². The highest BCUT2D eigenvalue weighted by atomic mass is 32.1. The Kier molecular flexibility index (Phi) is 8.25. The first-order chi connectivity index (χ1) is 14.1. The maximum Gasteiger partial charge on any atom is 0.252 e. The molecular formula is C23H31N3O2S. The van der Waals surface area contributed by atoms with Crippen LogP contribution in [0.5, 0.6) is 0 Å². The van der Waals surface area contributed by atoms with Gasteiger partial charge < -0.3 is 10.6 Å². The molecular weight excluding hydrogens is 382 g/mol. The summed E-state index contributed by atoms with van der Waals surface area (Å²) in [6.45, 7) is 5.46. The molecule has 156 valence electrons. The molecule has 0 radical (unpaired) electrons. The van der Waals surface area contributed by atoms with Crippen molar-refractivity contribution < 1.29 is 9.59 Å². The Balaban J connectivity index is 1.40. The van der Waals surface area contributed by atoms with Gasteiger partial charge in [0.25, 0.3) is 5.91 Å². The molecule has 6 heteroatoms. The second kappa shape index (κ2) is 11.1. The summed E-state index contributed by atoms with van der Waals surface area (Å²) in [5.74, 6) is -0.0524. The van der Waals surface area contributed by atoms with E-state index in [2.05, 4.69) is 40.7 Å². The van der Waals surface area contributed by atoms with E-state index in [1.165, 1.54) is 41.7 Å². The zero-order valence-electron chi connectivity index (χ0n) is 17.2. The summed E-state index contributed by atoms with van der Waals surface area (Å²) in [5.41, 5.74) is 3.16.